The molecule has 1 aromatic carbocycles. The van der Waals surface area contributed by atoms with E-state index in [4.69, 9.17) is 0 Å². The van der Waals surface area contributed by atoms with Gasteiger partial charge >= 0.3 is 0 Å². The predicted octanol–water partition coefficient (Wildman–Crippen LogP) is 3.58. The van der Waals surface area contributed by atoms with Crippen molar-refractivity contribution >= 4 is 5.78 Å². The molecule has 1 aliphatic carbocycles. The highest BCUT2D eigenvalue weighted by molar-refractivity contribution is 5.96. The summed E-state index contributed by atoms with van der Waals surface area (Å²) in [7, 11) is 0. The maximum Gasteiger partial charge on any atom is 0.159 e. The molecule has 0 spiro atoms. The molecule has 1 aromatic rings. The van der Waals surface area contributed by atoms with E-state index >= 15 is 0 Å². The van der Waals surface area contributed by atoms with E-state index < -0.39 is 0 Å². The van der Waals surface area contributed by atoms with Crippen molar-refractivity contribution in [2.75, 3.05) is 6.54 Å². The van der Waals surface area contributed by atoms with Gasteiger partial charge in [-0.3, -0.25) is 9.69 Å². The molecule has 0 amide bonds. The summed E-state index contributed by atoms with van der Waals surface area (Å²) in [6, 6.07) is 11.0. The van der Waals surface area contributed by atoms with Gasteiger partial charge in [0.25, 0.3) is 0 Å². The van der Waals surface area contributed by atoms with Crippen molar-refractivity contribution in [3.8, 4) is 0 Å². The number of hydrogen-bond donors (Lipinski definition) is 0. The van der Waals surface area contributed by atoms with Crippen LogP contribution in [0.25, 0.3) is 0 Å². The largest absolute Gasteiger partial charge is 0.295 e. The van der Waals surface area contributed by atoms with E-state index in [2.05, 4.69) is 41.3 Å². The van der Waals surface area contributed by atoms with Gasteiger partial charge in [0.05, 0.1) is 0 Å². The van der Waals surface area contributed by atoms with Gasteiger partial charge in [-0.15, -0.1) is 0 Å². The maximum atomic E-state index is 12.2. The fourth-order valence-corrected chi connectivity index (χ4v) is 3.60. The second-order valence-corrected chi connectivity index (χ2v) is 6.05. The Hall–Kier alpha value is -1.41. The second-order valence-electron chi connectivity index (χ2n) is 6.05. The van der Waals surface area contributed by atoms with Crippen molar-refractivity contribution in [1.29, 1.82) is 0 Å². The summed E-state index contributed by atoms with van der Waals surface area (Å²) in [5.41, 5.74) is 2.44. The number of nitrogens with zero attached hydrogens (tertiary/aromatic N) is 1. The molecule has 2 unspecified atom stereocenters. The Morgan fingerprint density at radius 1 is 1.25 bits per heavy atom. The van der Waals surface area contributed by atoms with E-state index in [0.717, 1.165) is 37.4 Å². The van der Waals surface area contributed by atoms with Gasteiger partial charge in [-0.1, -0.05) is 43.3 Å². The molecule has 1 saturated heterocycles. The number of ketones is 1. The van der Waals surface area contributed by atoms with Crippen molar-refractivity contribution in [2.45, 2.75) is 45.2 Å². The van der Waals surface area contributed by atoms with Crippen LogP contribution >= 0.6 is 0 Å². The van der Waals surface area contributed by atoms with Gasteiger partial charge < -0.3 is 0 Å². The molecular weight excluding hydrogens is 246 g/mol. The highest BCUT2D eigenvalue weighted by Crippen LogP contribution is 2.34. The van der Waals surface area contributed by atoms with E-state index in [0.29, 0.717) is 18.2 Å². The van der Waals surface area contributed by atoms with Crippen molar-refractivity contribution < 1.29 is 4.79 Å². The first kappa shape index (κ1) is 13.6. The third-order valence-corrected chi connectivity index (χ3v) is 4.68. The lowest BCUT2D eigenvalue weighted by atomic mass is 9.90. The first-order chi connectivity index (χ1) is 9.78. The maximum absolute atomic E-state index is 12.2. The van der Waals surface area contributed by atoms with Crippen LogP contribution in [0.3, 0.4) is 0 Å². The van der Waals surface area contributed by atoms with Crippen molar-refractivity contribution in [3.63, 3.8) is 0 Å². The van der Waals surface area contributed by atoms with E-state index in [-0.39, 0.29) is 0 Å². The third-order valence-electron chi connectivity index (χ3n) is 4.68. The van der Waals surface area contributed by atoms with Crippen LogP contribution in [0.1, 0.15) is 38.2 Å². The van der Waals surface area contributed by atoms with Crippen LogP contribution in [0.15, 0.2) is 42.0 Å². The number of carbonyl (C=O) groups is 1. The van der Waals surface area contributed by atoms with Gasteiger partial charge in [0, 0.05) is 31.1 Å². The summed E-state index contributed by atoms with van der Waals surface area (Å²) in [5, 5.41) is 0. The Labute approximate surface area is 121 Å². The number of benzene rings is 1. The number of fused-ring (bicyclic) bond motifs is 3. The average molecular weight is 269 g/mol. The van der Waals surface area contributed by atoms with Gasteiger partial charge in [-0.2, -0.15) is 0 Å². The van der Waals surface area contributed by atoms with Gasteiger partial charge in [0.1, 0.15) is 0 Å². The lowest BCUT2D eigenvalue weighted by molar-refractivity contribution is -0.116. The molecule has 106 valence electrons. The Bertz CT molecular complexity index is 505. The Morgan fingerprint density at radius 3 is 2.80 bits per heavy atom. The molecule has 0 N–H and O–H groups in total. The van der Waals surface area contributed by atoms with Crippen LogP contribution in [0.2, 0.25) is 0 Å². The molecule has 0 radical (unpaired) electrons. The molecule has 2 heteroatoms. The van der Waals surface area contributed by atoms with E-state index in [1.165, 1.54) is 12.0 Å². The van der Waals surface area contributed by atoms with Crippen LogP contribution < -0.4 is 0 Å². The van der Waals surface area contributed by atoms with Crippen LogP contribution in [0.4, 0.5) is 0 Å². The number of carbonyl (C=O) groups excluding carboxylic acids is 1. The van der Waals surface area contributed by atoms with Crippen molar-refractivity contribution in [3.05, 3.63) is 47.5 Å². The standard InChI is InChI=1S/C18H23NO/c1-2-18(20)16-10-8-15-9-11-17(16)19(13-15)12-14-6-4-3-5-7-14/h3-7,10,15,17H,2,8-9,11-13H2,1H3. The molecule has 3 aliphatic rings. The molecule has 2 aliphatic heterocycles. The zero-order valence-electron chi connectivity index (χ0n) is 12.2. The number of allylic oxidation sites excluding steroid dienone is 1. The van der Waals surface area contributed by atoms with Crippen LogP contribution in [0.5, 0.6) is 0 Å². The molecule has 0 aromatic heterocycles. The summed E-state index contributed by atoms with van der Waals surface area (Å²) in [5.74, 6) is 1.08. The average Bonchev–Trinajstić information content (AvgIpc) is 2.79. The number of rotatable bonds is 4. The molecule has 2 nitrogen and oxygen atoms in total. The monoisotopic (exact) mass is 269 g/mol. The van der Waals surface area contributed by atoms with E-state index in [1.54, 1.807) is 0 Å². The van der Waals surface area contributed by atoms with Crippen LogP contribution in [-0.2, 0) is 11.3 Å². The van der Waals surface area contributed by atoms with Gasteiger partial charge in [-0.05, 0) is 30.7 Å². The Morgan fingerprint density at radius 2 is 2.05 bits per heavy atom. The molecule has 2 heterocycles. The first-order valence-electron chi connectivity index (χ1n) is 7.79. The lowest BCUT2D eigenvalue weighted by Gasteiger charge is -2.38. The number of Topliss-reactive ketones (excluding diaryl/α,β-unsaturated/α-hetero) is 1. The summed E-state index contributed by atoms with van der Waals surface area (Å²) in [6.45, 7) is 4.08. The first-order valence-corrected chi connectivity index (χ1v) is 7.79. The second kappa shape index (κ2) is 5.92. The topological polar surface area (TPSA) is 20.3 Å². The van der Waals surface area contributed by atoms with Crippen molar-refractivity contribution in [1.82, 2.24) is 4.90 Å². The van der Waals surface area contributed by atoms with E-state index in [9.17, 15) is 4.79 Å². The minimum absolute atomic E-state index is 0.343. The molecule has 2 bridgehead atoms. The number of hydrogen-bond acceptors (Lipinski definition) is 2. The minimum atomic E-state index is 0.343. The molecule has 2 atom stereocenters. The fourth-order valence-electron chi connectivity index (χ4n) is 3.60. The molecule has 1 fully saturated rings. The van der Waals surface area contributed by atoms with E-state index in [1.807, 2.05) is 6.92 Å². The van der Waals surface area contributed by atoms with Crippen LogP contribution in [0, 0.1) is 5.92 Å². The third kappa shape index (κ3) is 2.71. The molecular formula is C18H23NO. The van der Waals surface area contributed by atoms with Gasteiger partial charge in [0.15, 0.2) is 5.78 Å². The zero-order valence-corrected chi connectivity index (χ0v) is 12.2. The Balaban J connectivity index is 1.82. The normalized spacial score (nSPS) is 26.1. The summed E-state index contributed by atoms with van der Waals surface area (Å²) < 4.78 is 0. The molecule has 4 rings (SSSR count). The summed E-state index contributed by atoms with van der Waals surface area (Å²) >= 11 is 0. The lowest BCUT2D eigenvalue weighted by Crippen LogP contribution is -2.43. The van der Waals surface area contributed by atoms with Gasteiger partial charge in [0.2, 0.25) is 0 Å². The number of piperidine rings is 1. The van der Waals surface area contributed by atoms with Crippen molar-refractivity contribution in [2.24, 2.45) is 5.92 Å². The molecule has 0 saturated carbocycles. The Kier molecular flexibility index (Phi) is 4.02. The SMILES string of the molecule is CCC(=O)C1=CCC2CCC1N(Cc1ccccc1)C2. The smallest absolute Gasteiger partial charge is 0.159 e. The zero-order chi connectivity index (χ0) is 13.9. The quantitative estimate of drug-likeness (QED) is 0.832. The highest BCUT2D eigenvalue weighted by atomic mass is 16.1. The molecule has 20 heavy (non-hydrogen) atoms. The highest BCUT2D eigenvalue weighted by Gasteiger charge is 2.34. The minimum Gasteiger partial charge on any atom is -0.295 e. The fraction of sp³-hybridized carbons (Fsp3) is 0.500. The van der Waals surface area contributed by atoms with Crippen LogP contribution in [-0.4, -0.2) is 23.3 Å². The summed E-state index contributed by atoms with van der Waals surface area (Å²) in [6.07, 6.45) is 6.37. The summed E-state index contributed by atoms with van der Waals surface area (Å²) in [4.78, 5) is 14.7. The van der Waals surface area contributed by atoms with Gasteiger partial charge in [-0.25, -0.2) is 0 Å². The predicted molar refractivity (Wildman–Crippen MR) is 81.4 cm³/mol.